The molecule has 0 saturated heterocycles. The number of carboxylic acids is 2. The lowest BCUT2D eigenvalue weighted by molar-refractivity contribution is -0.152. The van der Waals surface area contributed by atoms with Gasteiger partial charge < -0.3 is 14.9 Å². The zero-order chi connectivity index (χ0) is 30.0. The molecule has 5 nitrogen and oxygen atoms in total. The molecule has 238 valence electrons. The van der Waals surface area contributed by atoms with Gasteiger partial charge in [-0.25, -0.2) is 0 Å². The van der Waals surface area contributed by atoms with Gasteiger partial charge in [0.1, 0.15) is 0 Å². The van der Waals surface area contributed by atoms with Crippen molar-refractivity contribution < 1.29 is 24.5 Å². The lowest BCUT2D eigenvalue weighted by Gasteiger charge is -2.30. The fourth-order valence-electron chi connectivity index (χ4n) is 6.17. The standard InChI is InChI=1S/C35H68O5/c1-5-9-13-18-24-34(32(36)37,25-19-14-10-6-2)26-22-17-23-30-40-31-29-35(33(38)39,27-20-15-11-7-3)28-21-16-12-8-4/h5-31H2,1-4H3,(H,36,37)(H,38,39). The minimum absolute atomic E-state index is 0.502. The number of unbranched alkanes of at least 4 members (excludes halogenated alkanes) is 14. The SMILES string of the molecule is CCCCCCC(CCCCCC)(CCCCCOCCC(CCCCCC)(CCCCCC)C(=O)O)C(=O)O. The van der Waals surface area contributed by atoms with Crippen LogP contribution in [-0.2, 0) is 14.3 Å². The van der Waals surface area contributed by atoms with Crippen molar-refractivity contribution in [2.45, 2.75) is 188 Å². The maximum atomic E-state index is 12.5. The number of carboxylic acid groups (broad SMARTS) is 2. The molecule has 0 bridgehead atoms. The van der Waals surface area contributed by atoms with Crippen LogP contribution in [0, 0.1) is 10.8 Å². The lowest BCUT2D eigenvalue weighted by atomic mass is 9.74. The molecular formula is C35H68O5. The van der Waals surface area contributed by atoms with Gasteiger partial charge in [0, 0.05) is 13.2 Å². The molecule has 0 aliphatic rings. The summed E-state index contributed by atoms with van der Waals surface area (Å²) in [5.41, 5.74) is -1.23. The van der Waals surface area contributed by atoms with Crippen LogP contribution in [0.25, 0.3) is 0 Å². The summed E-state index contributed by atoms with van der Waals surface area (Å²) >= 11 is 0. The van der Waals surface area contributed by atoms with Gasteiger partial charge in [0.2, 0.25) is 0 Å². The highest BCUT2D eigenvalue weighted by Crippen LogP contribution is 2.38. The molecule has 40 heavy (non-hydrogen) atoms. The summed E-state index contributed by atoms with van der Waals surface area (Å²) < 4.78 is 5.98. The van der Waals surface area contributed by atoms with Crippen LogP contribution in [-0.4, -0.2) is 35.4 Å². The van der Waals surface area contributed by atoms with Crippen LogP contribution < -0.4 is 0 Å². The molecule has 5 heteroatoms. The largest absolute Gasteiger partial charge is 0.481 e. The molecule has 0 heterocycles. The van der Waals surface area contributed by atoms with E-state index in [0.29, 0.717) is 19.6 Å². The predicted octanol–water partition coefficient (Wildman–Crippen LogP) is 11.0. The average Bonchev–Trinajstić information content (AvgIpc) is 2.94. The maximum Gasteiger partial charge on any atom is 0.309 e. The van der Waals surface area contributed by atoms with Gasteiger partial charge in [0.15, 0.2) is 0 Å². The summed E-state index contributed by atoms with van der Waals surface area (Å²) in [6, 6.07) is 0. The number of carbonyl (C=O) groups is 2. The van der Waals surface area contributed by atoms with Gasteiger partial charge in [0.05, 0.1) is 10.8 Å². The Balaban J connectivity index is 4.73. The number of hydrogen-bond donors (Lipinski definition) is 2. The van der Waals surface area contributed by atoms with Crippen LogP contribution in [0.15, 0.2) is 0 Å². The molecule has 0 aliphatic heterocycles. The highest BCUT2D eigenvalue weighted by molar-refractivity contribution is 5.75. The molecule has 2 N–H and O–H groups in total. The van der Waals surface area contributed by atoms with Gasteiger partial charge in [-0.15, -0.1) is 0 Å². The summed E-state index contributed by atoms with van der Waals surface area (Å²) in [5, 5.41) is 20.5. The zero-order valence-electron chi connectivity index (χ0n) is 27.2. The van der Waals surface area contributed by atoms with Crippen LogP contribution in [0.3, 0.4) is 0 Å². The molecule has 0 fully saturated rings. The average molecular weight is 569 g/mol. The van der Waals surface area contributed by atoms with E-state index in [4.69, 9.17) is 4.74 Å². The second-order valence-corrected chi connectivity index (χ2v) is 12.6. The van der Waals surface area contributed by atoms with Gasteiger partial charge >= 0.3 is 11.9 Å². The molecule has 0 unspecified atom stereocenters. The summed E-state index contributed by atoms with van der Waals surface area (Å²) in [5.74, 6) is -1.24. The minimum Gasteiger partial charge on any atom is -0.481 e. The Labute approximate surface area is 248 Å². The van der Waals surface area contributed by atoms with Crippen LogP contribution in [0.1, 0.15) is 188 Å². The van der Waals surface area contributed by atoms with E-state index in [9.17, 15) is 19.8 Å². The minimum atomic E-state index is -0.655. The second-order valence-electron chi connectivity index (χ2n) is 12.6. The topological polar surface area (TPSA) is 83.8 Å². The fourth-order valence-corrected chi connectivity index (χ4v) is 6.17. The number of rotatable bonds is 31. The van der Waals surface area contributed by atoms with E-state index in [1.54, 1.807) is 0 Å². The third kappa shape index (κ3) is 17.7. The van der Waals surface area contributed by atoms with E-state index in [0.717, 1.165) is 116 Å². The molecule has 0 spiro atoms. The number of hydrogen-bond acceptors (Lipinski definition) is 3. The van der Waals surface area contributed by atoms with Crippen molar-refractivity contribution in [3.8, 4) is 0 Å². The Bertz CT molecular complexity index is 527. The third-order valence-corrected chi connectivity index (χ3v) is 9.11. The highest BCUT2D eigenvalue weighted by Gasteiger charge is 2.37. The van der Waals surface area contributed by atoms with Gasteiger partial charge in [-0.05, 0) is 44.9 Å². The molecular weight excluding hydrogens is 500 g/mol. The van der Waals surface area contributed by atoms with Crippen molar-refractivity contribution in [3.63, 3.8) is 0 Å². The Morgan fingerprint density at radius 2 is 0.725 bits per heavy atom. The van der Waals surface area contributed by atoms with Crippen LogP contribution >= 0.6 is 0 Å². The molecule has 0 aromatic carbocycles. The Morgan fingerprint density at radius 3 is 1.02 bits per heavy atom. The first-order chi connectivity index (χ1) is 19.3. The fraction of sp³-hybridized carbons (Fsp3) is 0.943. The summed E-state index contributed by atoms with van der Waals surface area (Å²) in [6.07, 6.45) is 25.1. The van der Waals surface area contributed by atoms with E-state index < -0.39 is 22.8 Å². The monoisotopic (exact) mass is 569 g/mol. The van der Waals surface area contributed by atoms with E-state index in [-0.39, 0.29) is 0 Å². The molecule has 0 saturated carbocycles. The van der Waals surface area contributed by atoms with Crippen LogP contribution in [0.5, 0.6) is 0 Å². The first kappa shape index (κ1) is 38.9. The van der Waals surface area contributed by atoms with Gasteiger partial charge in [-0.3, -0.25) is 9.59 Å². The Morgan fingerprint density at radius 1 is 0.425 bits per heavy atom. The van der Waals surface area contributed by atoms with Crippen molar-refractivity contribution in [2.24, 2.45) is 10.8 Å². The quantitative estimate of drug-likeness (QED) is 0.0812. The molecule has 0 rings (SSSR count). The van der Waals surface area contributed by atoms with Crippen molar-refractivity contribution in [2.75, 3.05) is 13.2 Å². The van der Waals surface area contributed by atoms with E-state index in [1.165, 1.54) is 38.5 Å². The molecule has 0 aromatic heterocycles. The summed E-state index contributed by atoms with van der Waals surface area (Å²) in [7, 11) is 0. The number of aliphatic carboxylic acids is 2. The van der Waals surface area contributed by atoms with Crippen LogP contribution in [0.4, 0.5) is 0 Å². The molecule has 0 amide bonds. The normalized spacial score (nSPS) is 12.2. The zero-order valence-corrected chi connectivity index (χ0v) is 27.2. The van der Waals surface area contributed by atoms with Crippen molar-refractivity contribution >= 4 is 11.9 Å². The van der Waals surface area contributed by atoms with Crippen LogP contribution in [0.2, 0.25) is 0 Å². The van der Waals surface area contributed by atoms with E-state index in [2.05, 4.69) is 27.7 Å². The van der Waals surface area contributed by atoms with E-state index >= 15 is 0 Å². The Hall–Kier alpha value is -1.10. The van der Waals surface area contributed by atoms with E-state index in [1.807, 2.05) is 0 Å². The van der Waals surface area contributed by atoms with Crippen molar-refractivity contribution in [1.29, 1.82) is 0 Å². The highest BCUT2D eigenvalue weighted by atomic mass is 16.5. The summed E-state index contributed by atoms with van der Waals surface area (Å²) in [4.78, 5) is 24.9. The number of ether oxygens (including phenoxy) is 1. The van der Waals surface area contributed by atoms with Crippen molar-refractivity contribution in [3.05, 3.63) is 0 Å². The Kier molecular flexibility index (Phi) is 24.9. The predicted molar refractivity (Wildman–Crippen MR) is 169 cm³/mol. The third-order valence-electron chi connectivity index (χ3n) is 9.11. The van der Waals surface area contributed by atoms with Gasteiger partial charge in [0.25, 0.3) is 0 Å². The second kappa shape index (κ2) is 25.6. The van der Waals surface area contributed by atoms with Gasteiger partial charge in [-0.1, -0.05) is 143 Å². The lowest BCUT2D eigenvalue weighted by Crippen LogP contribution is -2.33. The molecule has 0 atom stereocenters. The molecule has 0 radical (unpaired) electrons. The summed E-state index contributed by atoms with van der Waals surface area (Å²) in [6.45, 7) is 9.90. The molecule has 0 aliphatic carbocycles. The van der Waals surface area contributed by atoms with Crippen molar-refractivity contribution in [1.82, 2.24) is 0 Å². The first-order valence-electron chi connectivity index (χ1n) is 17.4. The maximum absolute atomic E-state index is 12.5. The van der Waals surface area contributed by atoms with Gasteiger partial charge in [-0.2, -0.15) is 0 Å². The molecule has 0 aromatic rings. The smallest absolute Gasteiger partial charge is 0.309 e. The first-order valence-corrected chi connectivity index (χ1v) is 17.4.